The summed E-state index contributed by atoms with van der Waals surface area (Å²) in [5.41, 5.74) is 1.01. The fourth-order valence-corrected chi connectivity index (χ4v) is 1.93. The second kappa shape index (κ2) is 8.72. The van der Waals surface area contributed by atoms with E-state index in [2.05, 4.69) is 11.8 Å². The summed E-state index contributed by atoms with van der Waals surface area (Å²) in [6.45, 7) is 5.62. The lowest BCUT2D eigenvalue weighted by Gasteiger charge is -2.26. The van der Waals surface area contributed by atoms with Crippen LogP contribution in [0.2, 0.25) is 0 Å². The Labute approximate surface area is 121 Å². The van der Waals surface area contributed by atoms with Gasteiger partial charge in [-0.2, -0.15) is 0 Å². The third-order valence-electron chi connectivity index (χ3n) is 3.35. The molecule has 0 bridgehead atoms. The van der Waals surface area contributed by atoms with Gasteiger partial charge >= 0.3 is 5.97 Å². The summed E-state index contributed by atoms with van der Waals surface area (Å²) in [5.74, 6) is -0.312. The van der Waals surface area contributed by atoms with E-state index in [4.69, 9.17) is 9.47 Å². The summed E-state index contributed by atoms with van der Waals surface area (Å²) in [5, 5.41) is 0. The Hall–Kier alpha value is -1.39. The molecule has 0 aromatic heterocycles. The Morgan fingerprint density at radius 1 is 1.25 bits per heavy atom. The van der Waals surface area contributed by atoms with Gasteiger partial charge in [-0.3, -0.25) is 4.79 Å². The van der Waals surface area contributed by atoms with Crippen LogP contribution in [0.5, 0.6) is 0 Å². The second-order valence-electron chi connectivity index (χ2n) is 5.24. The molecular formula is C16H25NO3. The van der Waals surface area contributed by atoms with Crippen molar-refractivity contribution in [3.63, 3.8) is 0 Å². The smallest absolute Gasteiger partial charge is 0.310 e. The molecule has 0 amide bonds. The fraction of sp³-hybridized carbons (Fsp3) is 0.562. The molecule has 0 saturated heterocycles. The van der Waals surface area contributed by atoms with Gasteiger partial charge in [-0.15, -0.1) is 0 Å². The van der Waals surface area contributed by atoms with Gasteiger partial charge in [-0.05, 0) is 19.5 Å². The van der Waals surface area contributed by atoms with E-state index in [1.807, 2.05) is 44.3 Å². The number of esters is 1. The summed E-state index contributed by atoms with van der Waals surface area (Å²) >= 11 is 0. The van der Waals surface area contributed by atoms with E-state index in [0.717, 1.165) is 5.56 Å². The van der Waals surface area contributed by atoms with Crippen molar-refractivity contribution >= 4 is 5.97 Å². The molecule has 20 heavy (non-hydrogen) atoms. The van der Waals surface area contributed by atoms with E-state index in [1.165, 1.54) is 0 Å². The minimum absolute atomic E-state index is 0.150. The normalized spacial score (nSPS) is 14.1. The van der Waals surface area contributed by atoms with Crippen molar-refractivity contribution in [3.05, 3.63) is 35.9 Å². The average Bonchev–Trinajstić information content (AvgIpc) is 2.45. The Kier molecular flexibility index (Phi) is 7.26. The molecule has 1 rings (SSSR count). The summed E-state index contributed by atoms with van der Waals surface area (Å²) in [6, 6.07) is 10.00. The number of nitrogens with zero attached hydrogens (tertiary/aromatic N) is 1. The van der Waals surface area contributed by atoms with Crippen molar-refractivity contribution in [2.24, 2.45) is 5.92 Å². The van der Waals surface area contributed by atoms with Gasteiger partial charge in [0.15, 0.2) is 0 Å². The summed E-state index contributed by atoms with van der Waals surface area (Å²) in [6.07, 6.45) is 0. The van der Waals surface area contributed by atoms with E-state index in [0.29, 0.717) is 19.8 Å². The lowest BCUT2D eigenvalue weighted by Crippen LogP contribution is -2.38. The molecule has 0 radical (unpaired) electrons. The molecule has 0 spiro atoms. The van der Waals surface area contributed by atoms with Crippen LogP contribution in [0.15, 0.2) is 30.3 Å². The first-order valence-corrected chi connectivity index (χ1v) is 6.94. The monoisotopic (exact) mass is 279 g/mol. The van der Waals surface area contributed by atoms with E-state index >= 15 is 0 Å². The number of rotatable bonds is 8. The molecule has 2 atom stereocenters. The molecule has 4 heteroatoms. The first kappa shape index (κ1) is 16.7. The summed E-state index contributed by atoms with van der Waals surface area (Å²) < 4.78 is 10.4. The third-order valence-corrected chi connectivity index (χ3v) is 3.35. The first-order valence-electron chi connectivity index (χ1n) is 6.94. The van der Waals surface area contributed by atoms with E-state index in [-0.39, 0.29) is 17.9 Å². The fourth-order valence-electron chi connectivity index (χ4n) is 1.93. The zero-order valence-electron chi connectivity index (χ0n) is 12.8. The van der Waals surface area contributed by atoms with Gasteiger partial charge in [-0.1, -0.05) is 37.3 Å². The van der Waals surface area contributed by atoms with E-state index in [9.17, 15) is 4.79 Å². The van der Waals surface area contributed by atoms with E-state index in [1.54, 1.807) is 7.11 Å². The van der Waals surface area contributed by atoms with Crippen LogP contribution in [0.3, 0.4) is 0 Å². The highest BCUT2D eigenvalue weighted by atomic mass is 16.5. The molecule has 0 aliphatic heterocycles. The molecule has 2 unspecified atom stereocenters. The van der Waals surface area contributed by atoms with Crippen molar-refractivity contribution < 1.29 is 14.3 Å². The lowest BCUT2D eigenvalue weighted by molar-refractivity contribution is -0.150. The van der Waals surface area contributed by atoms with Crippen LogP contribution in [0.1, 0.15) is 19.4 Å². The van der Waals surface area contributed by atoms with Crippen molar-refractivity contribution in [3.8, 4) is 0 Å². The Morgan fingerprint density at radius 3 is 2.50 bits per heavy atom. The maximum Gasteiger partial charge on any atom is 0.310 e. The predicted octanol–water partition coefficient (Wildman–Crippen LogP) is 2.33. The highest BCUT2D eigenvalue weighted by Crippen LogP contribution is 2.08. The third kappa shape index (κ3) is 5.72. The zero-order chi connectivity index (χ0) is 15.0. The standard InChI is InChI=1S/C16H25NO3/c1-13(10-17(3)14(2)11-19-4)16(18)20-12-15-8-6-5-7-9-15/h5-9,13-14H,10-12H2,1-4H3. The number of carbonyl (C=O) groups is 1. The van der Waals surface area contributed by atoms with Crippen LogP contribution < -0.4 is 0 Å². The minimum atomic E-state index is -0.162. The zero-order valence-corrected chi connectivity index (χ0v) is 12.8. The maximum absolute atomic E-state index is 12.0. The van der Waals surface area contributed by atoms with E-state index < -0.39 is 0 Å². The molecule has 0 N–H and O–H groups in total. The molecule has 112 valence electrons. The molecule has 0 fully saturated rings. The van der Waals surface area contributed by atoms with Gasteiger partial charge in [0.1, 0.15) is 6.61 Å². The number of likely N-dealkylation sites (N-methyl/N-ethyl adjacent to an activating group) is 1. The van der Waals surface area contributed by atoms with Crippen molar-refractivity contribution in [2.45, 2.75) is 26.5 Å². The minimum Gasteiger partial charge on any atom is -0.461 e. The number of hydrogen-bond acceptors (Lipinski definition) is 4. The van der Waals surface area contributed by atoms with Crippen LogP contribution in [-0.4, -0.2) is 44.2 Å². The average molecular weight is 279 g/mol. The number of methoxy groups -OCH3 is 1. The van der Waals surface area contributed by atoms with Crippen molar-refractivity contribution in [2.75, 3.05) is 27.3 Å². The molecule has 4 nitrogen and oxygen atoms in total. The summed E-state index contributed by atoms with van der Waals surface area (Å²) in [4.78, 5) is 14.1. The van der Waals surface area contributed by atoms with Crippen molar-refractivity contribution in [1.29, 1.82) is 0 Å². The van der Waals surface area contributed by atoms with Gasteiger partial charge in [0.2, 0.25) is 0 Å². The van der Waals surface area contributed by atoms with Gasteiger partial charge in [-0.25, -0.2) is 0 Å². The molecule has 1 aromatic rings. The molecule has 0 saturated carbocycles. The second-order valence-corrected chi connectivity index (χ2v) is 5.24. The van der Waals surface area contributed by atoms with Crippen LogP contribution in [0.25, 0.3) is 0 Å². The largest absolute Gasteiger partial charge is 0.461 e. The molecule has 1 aromatic carbocycles. The topological polar surface area (TPSA) is 38.8 Å². The molecule has 0 heterocycles. The number of ether oxygens (including phenoxy) is 2. The van der Waals surface area contributed by atoms with Crippen molar-refractivity contribution in [1.82, 2.24) is 4.90 Å². The maximum atomic E-state index is 12.0. The quantitative estimate of drug-likeness (QED) is 0.685. The van der Waals surface area contributed by atoms with Crippen LogP contribution in [0, 0.1) is 5.92 Å². The summed E-state index contributed by atoms with van der Waals surface area (Å²) in [7, 11) is 3.67. The number of carbonyl (C=O) groups excluding carboxylic acids is 1. The Bertz CT molecular complexity index is 394. The van der Waals surface area contributed by atoms with Gasteiger partial charge in [0.05, 0.1) is 12.5 Å². The number of benzene rings is 1. The molecule has 0 aliphatic carbocycles. The lowest BCUT2D eigenvalue weighted by atomic mass is 10.1. The SMILES string of the molecule is COCC(C)N(C)CC(C)C(=O)OCc1ccccc1. The Morgan fingerprint density at radius 2 is 1.90 bits per heavy atom. The molecular weight excluding hydrogens is 254 g/mol. The Balaban J connectivity index is 2.35. The molecule has 0 aliphatic rings. The van der Waals surface area contributed by atoms with Gasteiger partial charge < -0.3 is 14.4 Å². The van der Waals surface area contributed by atoms with Crippen LogP contribution >= 0.6 is 0 Å². The number of hydrogen-bond donors (Lipinski definition) is 0. The van der Waals surface area contributed by atoms with Gasteiger partial charge in [0.25, 0.3) is 0 Å². The van der Waals surface area contributed by atoms with Crippen LogP contribution in [0.4, 0.5) is 0 Å². The first-order chi connectivity index (χ1) is 9.54. The van der Waals surface area contributed by atoms with Crippen LogP contribution in [-0.2, 0) is 20.9 Å². The van der Waals surface area contributed by atoms with Gasteiger partial charge in [0, 0.05) is 19.7 Å². The highest BCUT2D eigenvalue weighted by Gasteiger charge is 2.19. The predicted molar refractivity (Wildman–Crippen MR) is 79.4 cm³/mol. The highest BCUT2D eigenvalue weighted by molar-refractivity contribution is 5.72.